The van der Waals surface area contributed by atoms with Crippen molar-refractivity contribution in [2.24, 2.45) is 10.8 Å². The van der Waals surface area contributed by atoms with Crippen LogP contribution in [0.3, 0.4) is 0 Å². The fraction of sp³-hybridized carbons (Fsp3) is 0.800. The number of ketones is 1. The van der Waals surface area contributed by atoms with Crippen LogP contribution in [-0.4, -0.2) is 76.2 Å². The fourth-order valence-electron chi connectivity index (χ4n) is 5.08. The quantitative estimate of drug-likeness (QED) is 0.320. The normalized spacial score (nSPS) is 22.5. The van der Waals surface area contributed by atoms with Crippen molar-refractivity contribution in [1.82, 2.24) is 20.9 Å². The number of halogens is 2. The van der Waals surface area contributed by atoms with Crippen molar-refractivity contribution in [3.8, 4) is 0 Å². The molecule has 37 heavy (non-hydrogen) atoms. The van der Waals surface area contributed by atoms with Gasteiger partial charge in [0.15, 0.2) is 0 Å². The molecule has 3 atom stereocenters. The zero-order chi connectivity index (χ0) is 27.8. The summed E-state index contributed by atoms with van der Waals surface area (Å²) in [4.78, 5) is 65.0. The second kappa shape index (κ2) is 10.5. The molecule has 2 aliphatic carbocycles. The van der Waals surface area contributed by atoms with Crippen molar-refractivity contribution < 1.29 is 37.9 Å². The molecule has 3 aliphatic rings. The molecule has 0 bridgehead atoms. The fourth-order valence-corrected chi connectivity index (χ4v) is 5.08. The lowest BCUT2D eigenvalue weighted by Crippen LogP contribution is -2.59. The van der Waals surface area contributed by atoms with Crippen molar-refractivity contribution in [2.45, 2.75) is 109 Å². The smallest absolute Gasteiger partial charge is 0.405 e. The van der Waals surface area contributed by atoms with Gasteiger partial charge in [-0.1, -0.05) is 27.2 Å². The summed E-state index contributed by atoms with van der Waals surface area (Å²) in [6.45, 7) is 6.06. The number of nitrogens with one attached hydrogen (secondary N) is 3. The van der Waals surface area contributed by atoms with Gasteiger partial charge in [-0.2, -0.15) is 0 Å². The maximum absolute atomic E-state index is 13.6. The van der Waals surface area contributed by atoms with E-state index in [0.29, 0.717) is 13.3 Å². The Morgan fingerprint density at radius 3 is 2.14 bits per heavy atom. The number of Topliss-reactive ketones (excluding diaryl/α,β-unsaturated/α-hetero) is 1. The zero-order valence-electron chi connectivity index (χ0n) is 21.9. The highest BCUT2D eigenvalue weighted by Crippen LogP contribution is 2.50. The van der Waals surface area contributed by atoms with E-state index in [4.69, 9.17) is 0 Å². The first-order chi connectivity index (χ1) is 17.0. The molecule has 2 saturated carbocycles. The van der Waals surface area contributed by atoms with E-state index in [2.05, 4.69) is 16.0 Å². The highest BCUT2D eigenvalue weighted by Gasteiger charge is 2.53. The van der Waals surface area contributed by atoms with Crippen LogP contribution in [0.15, 0.2) is 0 Å². The summed E-state index contributed by atoms with van der Waals surface area (Å²) in [5.74, 6) is -6.31. The predicted octanol–water partition coefficient (Wildman–Crippen LogP) is 2.21. The van der Waals surface area contributed by atoms with Gasteiger partial charge in [0.05, 0.1) is 6.04 Å². The number of carboxylic acid groups (broad SMARTS) is 1. The molecule has 1 unspecified atom stereocenters. The zero-order valence-corrected chi connectivity index (χ0v) is 21.9. The highest BCUT2D eigenvalue weighted by molar-refractivity contribution is 6.38. The lowest BCUT2D eigenvalue weighted by atomic mass is 9.67. The van der Waals surface area contributed by atoms with Gasteiger partial charge in [0.1, 0.15) is 12.1 Å². The minimum absolute atomic E-state index is 0.127. The molecule has 0 radical (unpaired) electrons. The van der Waals surface area contributed by atoms with E-state index in [1.807, 2.05) is 0 Å². The van der Waals surface area contributed by atoms with Crippen LogP contribution < -0.4 is 16.0 Å². The van der Waals surface area contributed by atoms with Crippen LogP contribution in [0, 0.1) is 10.8 Å². The Morgan fingerprint density at radius 1 is 1.05 bits per heavy atom. The van der Waals surface area contributed by atoms with E-state index in [-0.39, 0.29) is 18.0 Å². The number of carbonyl (C=O) groups is 5. The van der Waals surface area contributed by atoms with Gasteiger partial charge in [-0.15, -0.1) is 0 Å². The molecule has 3 fully saturated rings. The van der Waals surface area contributed by atoms with E-state index in [0.717, 1.165) is 32.1 Å². The molecule has 1 heterocycles. The highest BCUT2D eigenvalue weighted by atomic mass is 19.3. The summed E-state index contributed by atoms with van der Waals surface area (Å²) >= 11 is 0. The van der Waals surface area contributed by atoms with E-state index in [1.54, 1.807) is 20.8 Å². The molecule has 0 aromatic rings. The average molecular weight is 529 g/mol. The van der Waals surface area contributed by atoms with Crippen molar-refractivity contribution in [3.63, 3.8) is 0 Å². The average Bonchev–Trinajstić information content (AvgIpc) is 3.45. The SMILES string of the molecule is CC(F)(F)CC[C@H](NC(=O)C1CC2(CCC2)CN1C(=O)[C@@H](NC(=O)O)C(C)(C)C)C(=O)C(=O)NC1CC1. The molecule has 1 aliphatic heterocycles. The van der Waals surface area contributed by atoms with Crippen LogP contribution in [0.25, 0.3) is 0 Å². The minimum Gasteiger partial charge on any atom is -0.465 e. The molecule has 10 nitrogen and oxygen atoms in total. The first-order valence-corrected chi connectivity index (χ1v) is 12.8. The molecule has 208 valence electrons. The van der Waals surface area contributed by atoms with Crippen LogP contribution in [0.4, 0.5) is 13.6 Å². The molecular weight excluding hydrogens is 490 g/mol. The molecule has 12 heteroatoms. The summed E-state index contributed by atoms with van der Waals surface area (Å²) in [6, 6.07) is -3.74. The van der Waals surface area contributed by atoms with Gasteiger partial charge >= 0.3 is 6.09 Å². The number of carbonyl (C=O) groups excluding carboxylic acids is 4. The number of rotatable bonds is 10. The van der Waals surface area contributed by atoms with Crippen LogP contribution in [0.5, 0.6) is 0 Å². The van der Waals surface area contributed by atoms with Crippen molar-refractivity contribution in [3.05, 3.63) is 0 Å². The molecule has 1 spiro atoms. The predicted molar refractivity (Wildman–Crippen MR) is 129 cm³/mol. The molecular formula is C25H38F2N4O6. The summed E-state index contributed by atoms with van der Waals surface area (Å²) in [5, 5.41) is 16.6. The Kier molecular flexibility index (Phi) is 8.19. The van der Waals surface area contributed by atoms with Gasteiger partial charge in [0.2, 0.25) is 23.5 Å². The molecule has 0 aromatic heterocycles. The number of hydrogen-bond donors (Lipinski definition) is 4. The second-order valence-corrected chi connectivity index (χ2v) is 12.1. The maximum atomic E-state index is 13.6. The first kappa shape index (κ1) is 28.8. The first-order valence-electron chi connectivity index (χ1n) is 12.8. The summed E-state index contributed by atoms with van der Waals surface area (Å²) in [5.41, 5.74) is -1.08. The lowest BCUT2D eigenvalue weighted by molar-refractivity contribution is -0.144. The van der Waals surface area contributed by atoms with Crippen LogP contribution in [0.2, 0.25) is 0 Å². The Balaban J connectivity index is 1.82. The number of amides is 4. The molecule has 4 N–H and O–H groups in total. The summed E-state index contributed by atoms with van der Waals surface area (Å²) in [6.07, 6.45) is 1.75. The third-order valence-electron chi connectivity index (χ3n) is 7.53. The van der Waals surface area contributed by atoms with E-state index >= 15 is 0 Å². The number of hydrogen-bond acceptors (Lipinski definition) is 5. The van der Waals surface area contributed by atoms with Gasteiger partial charge in [-0.3, -0.25) is 19.2 Å². The third kappa shape index (κ3) is 7.38. The monoisotopic (exact) mass is 528 g/mol. The van der Waals surface area contributed by atoms with Gasteiger partial charge in [-0.05, 0) is 56.3 Å². The Labute approximate surface area is 215 Å². The number of nitrogens with zero attached hydrogens (tertiary/aromatic N) is 1. The van der Waals surface area contributed by atoms with E-state index in [9.17, 15) is 37.9 Å². The van der Waals surface area contributed by atoms with Crippen LogP contribution in [0.1, 0.15) is 79.1 Å². The molecule has 0 aromatic carbocycles. The van der Waals surface area contributed by atoms with Gasteiger partial charge in [0, 0.05) is 19.0 Å². The number of alkyl halides is 2. The topological polar surface area (TPSA) is 145 Å². The van der Waals surface area contributed by atoms with Gasteiger partial charge in [-0.25, -0.2) is 13.6 Å². The number of likely N-dealkylation sites (tertiary alicyclic amines) is 1. The maximum Gasteiger partial charge on any atom is 0.405 e. The second-order valence-electron chi connectivity index (χ2n) is 12.1. The Morgan fingerprint density at radius 2 is 1.68 bits per heavy atom. The molecule has 3 rings (SSSR count). The Bertz CT molecular complexity index is 936. The molecule has 4 amide bonds. The Hall–Kier alpha value is -2.79. The van der Waals surface area contributed by atoms with E-state index < -0.39 is 71.9 Å². The molecule has 1 saturated heterocycles. The minimum atomic E-state index is -3.11. The van der Waals surface area contributed by atoms with Crippen molar-refractivity contribution in [2.75, 3.05) is 6.54 Å². The van der Waals surface area contributed by atoms with Crippen LogP contribution >= 0.6 is 0 Å². The third-order valence-corrected chi connectivity index (χ3v) is 7.53. The van der Waals surface area contributed by atoms with Crippen LogP contribution in [-0.2, 0) is 19.2 Å². The van der Waals surface area contributed by atoms with Crippen molar-refractivity contribution >= 4 is 29.6 Å². The summed E-state index contributed by atoms with van der Waals surface area (Å²) in [7, 11) is 0. The van der Waals surface area contributed by atoms with E-state index in [1.165, 1.54) is 4.90 Å². The van der Waals surface area contributed by atoms with Gasteiger partial charge in [0.25, 0.3) is 5.91 Å². The standard InChI is InChI=1S/C25H38F2N4O6/c1-23(2,3)18(30-22(36)37)21(35)31-13-25(9-5-10-25)12-16(31)19(33)29-15(8-11-24(4,26)27)17(32)20(34)28-14-6-7-14/h14-16,18,30H,5-13H2,1-4H3,(H,28,34)(H,29,33)(H,36,37)/t15-,16?,18+/m0/s1. The summed E-state index contributed by atoms with van der Waals surface area (Å²) < 4.78 is 27.2. The lowest BCUT2D eigenvalue weighted by Gasteiger charge is -2.39. The van der Waals surface area contributed by atoms with Gasteiger partial charge < -0.3 is 26.0 Å². The largest absolute Gasteiger partial charge is 0.465 e. The van der Waals surface area contributed by atoms with Crippen molar-refractivity contribution in [1.29, 1.82) is 0 Å².